The minimum Gasteiger partial charge on any atom is -0.314 e. The molecule has 0 amide bonds. The molecule has 1 aliphatic rings. The molecule has 1 heterocycles. The van der Waals surface area contributed by atoms with E-state index in [1.807, 2.05) is 6.07 Å². The van der Waals surface area contributed by atoms with Gasteiger partial charge < -0.3 is 5.32 Å². The van der Waals surface area contributed by atoms with Crippen LogP contribution >= 0.6 is 0 Å². The minimum atomic E-state index is -0.274. The smallest absolute Gasteiger partial charge is 0.272 e. The van der Waals surface area contributed by atoms with Gasteiger partial charge in [0, 0.05) is 43.9 Å². The fraction of sp³-hybridized carbons (Fsp3) is 0.625. The van der Waals surface area contributed by atoms with E-state index in [2.05, 4.69) is 30.1 Å². The summed E-state index contributed by atoms with van der Waals surface area (Å²) in [6, 6.07) is 5.97. The molecule has 0 bridgehead atoms. The molecule has 5 heteroatoms. The molecule has 1 aromatic carbocycles. The third kappa shape index (κ3) is 3.60. The first kappa shape index (κ1) is 15.9. The van der Waals surface area contributed by atoms with Gasteiger partial charge >= 0.3 is 0 Å². The highest BCUT2D eigenvalue weighted by Gasteiger charge is 2.28. The molecule has 1 fully saturated rings. The lowest BCUT2D eigenvalue weighted by molar-refractivity contribution is -0.385. The number of nitrogens with zero attached hydrogens (tertiary/aromatic N) is 2. The van der Waals surface area contributed by atoms with Gasteiger partial charge in [-0.1, -0.05) is 32.4 Å². The topological polar surface area (TPSA) is 58.4 Å². The van der Waals surface area contributed by atoms with Gasteiger partial charge in [-0.15, -0.1) is 0 Å². The van der Waals surface area contributed by atoms with Gasteiger partial charge in [0.2, 0.25) is 0 Å². The summed E-state index contributed by atoms with van der Waals surface area (Å²) in [7, 11) is 0. The van der Waals surface area contributed by atoms with Gasteiger partial charge in [0.15, 0.2) is 0 Å². The van der Waals surface area contributed by atoms with Crippen molar-refractivity contribution in [3.05, 3.63) is 39.4 Å². The summed E-state index contributed by atoms with van der Waals surface area (Å²) < 4.78 is 0. The van der Waals surface area contributed by atoms with Gasteiger partial charge in [0.05, 0.1) is 4.92 Å². The summed E-state index contributed by atoms with van der Waals surface area (Å²) in [6.07, 6.45) is 1.07. The van der Waals surface area contributed by atoms with E-state index >= 15 is 0 Å². The Labute approximate surface area is 126 Å². The van der Waals surface area contributed by atoms with Gasteiger partial charge in [-0.25, -0.2) is 0 Å². The van der Waals surface area contributed by atoms with Crippen LogP contribution in [-0.4, -0.2) is 36.0 Å². The first-order chi connectivity index (χ1) is 10.0. The normalized spacial score (nSPS) is 19.2. The van der Waals surface area contributed by atoms with Crippen molar-refractivity contribution in [2.24, 2.45) is 5.92 Å². The number of benzene rings is 1. The molecule has 1 aliphatic heterocycles. The van der Waals surface area contributed by atoms with Crippen molar-refractivity contribution < 1.29 is 4.92 Å². The predicted molar refractivity (Wildman–Crippen MR) is 84.5 cm³/mol. The number of nitrogens with one attached hydrogen (secondary N) is 1. The predicted octanol–water partition coefficient (Wildman–Crippen LogP) is 2.90. The number of nitro benzene ring substituents is 1. The van der Waals surface area contributed by atoms with Crippen molar-refractivity contribution in [3.63, 3.8) is 0 Å². The number of hydrogen-bond donors (Lipinski definition) is 1. The summed E-state index contributed by atoms with van der Waals surface area (Å²) in [5, 5.41) is 14.6. The molecule has 2 atom stereocenters. The zero-order valence-electron chi connectivity index (χ0n) is 13.1. The second-order valence-corrected chi connectivity index (χ2v) is 5.92. The summed E-state index contributed by atoms with van der Waals surface area (Å²) >= 11 is 0. The molecule has 21 heavy (non-hydrogen) atoms. The lowest BCUT2D eigenvalue weighted by Gasteiger charge is -2.38. The summed E-state index contributed by atoms with van der Waals surface area (Å²) in [6.45, 7) is 10.2. The number of aryl methyl sites for hydroxylation is 1. The van der Waals surface area contributed by atoms with E-state index in [4.69, 9.17) is 0 Å². The maximum atomic E-state index is 11.2. The molecule has 0 saturated carbocycles. The van der Waals surface area contributed by atoms with Gasteiger partial charge in [-0.2, -0.15) is 0 Å². The Hall–Kier alpha value is -1.46. The Bertz CT molecular complexity index is 498. The van der Waals surface area contributed by atoms with Crippen LogP contribution < -0.4 is 5.32 Å². The van der Waals surface area contributed by atoms with Crippen molar-refractivity contribution in [1.29, 1.82) is 0 Å². The Kier molecular flexibility index (Phi) is 5.31. The van der Waals surface area contributed by atoms with Crippen LogP contribution in [0.3, 0.4) is 0 Å². The summed E-state index contributed by atoms with van der Waals surface area (Å²) in [4.78, 5) is 13.4. The monoisotopic (exact) mass is 291 g/mol. The molecule has 0 aromatic heterocycles. The fourth-order valence-corrected chi connectivity index (χ4v) is 3.09. The summed E-state index contributed by atoms with van der Waals surface area (Å²) in [5.41, 5.74) is 2.03. The van der Waals surface area contributed by atoms with Crippen LogP contribution in [0.2, 0.25) is 0 Å². The second-order valence-electron chi connectivity index (χ2n) is 5.92. The number of hydrogen-bond acceptors (Lipinski definition) is 4. The third-order valence-electron chi connectivity index (χ3n) is 4.50. The molecule has 0 radical (unpaired) electrons. The molecular formula is C16H25N3O2. The largest absolute Gasteiger partial charge is 0.314 e. The Morgan fingerprint density at radius 1 is 1.38 bits per heavy atom. The maximum absolute atomic E-state index is 11.2. The molecule has 0 aliphatic carbocycles. The fourth-order valence-electron chi connectivity index (χ4n) is 3.09. The molecule has 1 aromatic rings. The van der Waals surface area contributed by atoms with Crippen molar-refractivity contribution in [3.8, 4) is 0 Å². The van der Waals surface area contributed by atoms with E-state index in [-0.39, 0.29) is 16.7 Å². The van der Waals surface area contributed by atoms with E-state index in [9.17, 15) is 10.1 Å². The highest BCUT2D eigenvalue weighted by atomic mass is 16.6. The lowest BCUT2D eigenvalue weighted by Crippen LogP contribution is -2.46. The standard InChI is InChI=1S/C16H25N3O2/c1-4-12(2)16(18-9-7-17-8-10-18)14-6-5-13(3)15(11-14)19(20)21/h5-6,11-12,16-17H,4,7-10H2,1-3H3/t12?,16-/m1/s1. The SMILES string of the molecule is CCC(C)[C@H](c1ccc(C)c([N+](=O)[O-])c1)N1CCNCC1. The third-order valence-corrected chi connectivity index (χ3v) is 4.50. The van der Waals surface area contributed by atoms with E-state index in [1.165, 1.54) is 0 Å². The lowest BCUT2D eigenvalue weighted by atomic mass is 9.89. The zero-order chi connectivity index (χ0) is 15.4. The van der Waals surface area contributed by atoms with Crippen LogP contribution in [0.5, 0.6) is 0 Å². The van der Waals surface area contributed by atoms with Crippen LogP contribution in [0, 0.1) is 23.0 Å². The van der Waals surface area contributed by atoms with Crippen molar-refractivity contribution >= 4 is 5.69 Å². The maximum Gasteiger partial charge on any atom is 0.272 e. The van der Waals surface area contributed by atoms with Crippen molar-refractivity contribution in [2.45, 2.75) is 33.2 Å². The van der Waals surface area contributed by atoms with Gasteiger partial charge in [0.1, 0.15) is 0 Å². The molecule has 1 unspecified atom stereocenters. The molecule has 0 spiro atoms. The van der Waals surface area contributed by atoms with Gasteiger partial charge in [0.25, 0.3) is 5.69 Å². The van der Waals surface area contributed by atoms with E-state index in [0.717, 1.165) is 43.7 Å². The Morgan fingerprint density at radius 2 is 2.05 bits per heavy atom. The Morgan fingerprint density at radius 3 is 2.62 bits per heavy atom. The molecule has 116 valence electrons. The van der Waals surface area contributed by atoms with Crippen LogP contribution in [0.1, 0.15) is 37.4 Å². The quantitative estimate of drug-likeness (QED) is 0.669. The van der Waals surface area contributed by atoms with Crippen molar-refractivity contribution in [1.82, 2.24) is 10.2 Å². The number of nitro groups is 1. The van der Waals surface area contributed by atoms with Crippen LogP contribution in [-0.2, 0) is 0 Å². The minimum absolute atomic E-state index is 0.232. The van der Waals surface area contributed by atoms with Crippen molar-refractivity contribution in [2.75, 3.05) is 26.2 Å². The summed E-state index contributed by atoms with van der Waals surface area (Å²) in [5.74, 6) is 0.477. The number of piperazine rings is 1. The van der Waals surface area contributed by atoms with Gasteiger partial charge in [-0.3, -0.25) is 15.0 Å². The second kappa shape index (κ2) is 7.00. The van der Waals surface area contributed by atoms with Crippen LogP contribution in [0.4, 0.5) is 5.69 Å². The molecule has 5 nitrogen and oxygen atoms in total. The zero-order valence-corrected chi connectivity index (χ0v) is 13.1. The molecule has 1 N–H and O–H groups in total. The van der Waals surface area contributed by atoms with Crippen LogP contribution in [0.15, 0.2) is 18.2 Å². The average molecular weight is 291 g/mol. The number of rotatable bonds is 5. The average Bonchev–Trinajstić information content (AvgIpc) is 2.49. The van der Waals surface area contributed by atoms with E-state index in [0.29, 0.717) is 5.92 Å². The first-order valence-electron chi connectivity index (χ1n) is 7.74. The first-order valence-corrected chi connectivity index (χ1v) is 7.74. The molecule has 1 saturated heterocycles. The van der Waals surface area contributed by atoms with Crippen LogP contribution in [0.25, 0.3) is 0 Å². The molecule has 2 rings (SSSR count). The van der Waals surface area contributed by atoms with E-state index in [1.54, 1.807) is 13.0 Å². The highest BCUT2D eigenvalue weighted by Crippen LogP contribution is 2.33. The highest BCUT2D eigenvalue weighted by molar-refractivity contribution is 5.43. The van der Waals surface area contributed by atoms with Gasteiger partial charge in [-0.05, 0) is 18.4 Å². The molecular weight excluding hydrogens is 266 g/mol. The Balaban J connectivity index is 2.36. The van der Waals surface area contributed by atoms with E-state index < -0.39 is 0 Å².